The molecule has 5 unspecified atom stereocenters. The zero-order valence-electron chi connectivity index (χ0n) is 14.5. The first-order valence-corrected chi connectivity index (χ1v) is 7.93. The van der Waals surface area contributed by atoms with E-state index in [1.165, 1.54) is 0 Å². The first-order valence-electron chi connectivity index (χ1n) is 7.93. The molecular weight excluding hydrogens is 402 g/mol. The maximum Gasteiger partial charge on any atom is 0.347 e. The summed E-state index contributed by atoms with van der Waals surface area (Å²) in [7, 11) is 0. The van der Waals surface area contributed by atoms with Crippen molar-refractivity contribution in [2.45, 2.75) is 48.9 Å². The number of nitrogens with one attached hydrogen (secondary N) is 1. The number of aromatic nitrogens is 3. The third-order valence-electron chi connectivity index (χ3n) is 4.44. The smallest absolute Gasteiger partial charge is 0.347 e. The lowest BCUT2D eigenvalue weighted by Crippen LogP contribution is -2.62. The number of aromatic amines is 1. The van der Waals surface area contributed by atoms with Gasteiger partial charge in [-0.25, -0.2) is 4.79 Å². The zero-order chi connectivity index (χ0) is 22.1. The van der Waals surface area contributed by atoms with E-state index in [1.807, 2.05) is 0 Å². The summed E-state index contributed by atoms with van der Waals surface area (Å²) in [6, 6.07) is 0. The van der Waals surface area contributed by atoms with Gasteiger partial charge in [0.1, 0.15) is 17.9 Å². The van der Waals surface area contributed by atoms with Crippen molar-refractivity contribution in [1.82, 2.24) is 14.8 Å². The minimum atomic E-state index is -3.07. The highest BCUT2D eigenvalue weighted by atomic mass is 16.6. The van der Waals surface area contributed by atoms with E-state index >= 15 is 0 Å². The molecule has 15 heteroatoms. The second-order valence-electron chi connectivity index (χ2n) is 6.45. The number of ether oxygens (including phenoxy) is 1. The molecule has 2 rings (SSSR count). The number of carboxylic acids is 3. The molecule has 0 bridgehead atoms. The molecule has 0 amide bonds. The molecule has 0 aromatic carbocycles. The van der Waals surface area contributed by atoms with Gasteiger partial charge in [0.25, 0.3) is 5.56 Å². The van der Waals surface area contributed by atoms with E-state index in [9.17, 15) is 39.3 Å². The minimum absolute atomic E-state index is 0.241. The third-order valence-corrected chi connectivity index (χ3v) is 4.44. The molecule has 1 aromatic rings. The molecule has 0 spiro atoms. The van der Waals surface area contributed by atoms with Crippen molar-refractivity contribution in [3.8, 4) is 0 Å². The maximum atomic E-state index is 12.0. The predicted molar refractivity (Wildman–Crippen MR) is 85.7 cm³/mol. The Labute approximate surface area is 159 Å². The average Bonchev–Trinajstić information content (AvgIpc) is 2.74. The van der Waals surface area contributed by atoms with Crippen molar-refractivity contribution in [3.63, 3.8) is 0 Å². The highest BCUT2D eigenvalue weighted by molar-refractivity contribution is 5.72. The Morgan fingerprint density at radius 3 is 2.14 bits per heavy atom. The second kappa shape index (κ2) is 7.70. The molecule has 5 atom stereocenters. The monoisotopic (exact) mass is 419 g/mol. The summed E-state index contributed by atoms with van der Waals surface area (Å²) in [5.41, 5.74) is -8.41. The van der Waals surface area contributed by atoms with Crippen LogP contribution in [-0.2, 0) is 19.1 Å². The number of aliphatic hydroxyl groups excluding tert-OH is 1. The number of H-pyrrole nitrogens is 1. The predicted octanol–water partition coefficient (Wildman–Crippen LogP) is -3.92. The first-order chi connectivity index (χ1) is 13.3. The summed E-state index contributed by atoms with van der Waals surface area (Å²) in [6.07, 6.45) is -9.73. The summed E-state index contributed by atoms with van der Waals surface area (Å²) in [4.78, 5) is 58.5. The van der Waals surface area contributed by atoms with Crippen LogP contribution in [0.1, 0.15) is 25.5 Å². The van der Waals surface area contributed by atoms with Crippen LogP contribution in [0.15, 0.2) is 15.8 Å². The van der Waals surface area contributed by atoms with E-state index in [-0.39, 0.29) is 4.68 Å². The minimum Gasteiger partial charge on any atom is -0.481 e. The lowest BCUT2D eigenvalue weighted by atomic mass is 9.74. The quantitative estimate of drug-likeness (QED) is 0.213. The number of nitrogens with zero attached hydrogens (tertiary/aromatic N) is 2. The Morgan fingerprint density at radius 2 is 1.66 bits per heavy atom. The number of aliphatic carboxylic acids is 3. The van der Waals surface area contributed by atoms with Crippen LogP contribution in [0.4, 0.5) is 0 Å². The molecule has 7 N–H and O–H groups in total. The largest absolute Gasteiger partial charge is 0.481 e. The van der Waals surface area contributed by atoms with Crippen molar-refractivity contribution in [2.24, 2.45) is 0 Å². The van der Waals surface area contributed by atoms with Gasteiger partial charge in [-0.2, -0.15) is 9.78 Å². The third kappa shape index (κ3) is 4.02. The van der Waals surface area contributed by atoms with E-state index in [0.717, 1.165) is 0 Å². The van der Waals surface area contributed by atoms with Crippen molar-refractivity contribution >= 4 is 17.9 Å². The average molecular weight is 419 g/mol. The van der Waals surface area contributed by atoms with Gasteiger partial charge in [-0.3, -0.25) is 24.2 Å². The van der Waals surface area contributed by atoms with E-state index < -0.39 is 78.1 Å². The fraction of sp³-hybridized carbons (Fsp3) is 0.571. The van der Waals surface area contributed by atoms with Gasteiger partial charge in [0.05, 0.1) is 25.4 Å². The van der Waals surface area contributed by atoms with Gasteiger partial charge in [0.2, 0.25) is 0 Å². The Hall–Kier alpha value is -3.14. The molecule has 1 aromatic heterocycles. The molecule has 0 aliphatic carbocycles. The van der Waals surface area contributed by atoms with Gasteiger partial charge in [0.15, 0.2) is 11.8 Å². The molecule has 15 nitrogen and oxygen atoms in total. The van der Waals surface area contributed by atoms with Gasteiger partial charge in [-0.1, -0.05) is 0 Å². The van der Waals surface area contributed by atoms with Crippen molar-refractivity contribution < 1.29 is 49.8 Å². The van der Waals surface area contributed by atoms with Crippen LogP contribution in [0.2, 0.25) is 0 Å². The fourth-order valence-electron chi connectivity index (χ4n) is 3.26. The first kappa shape index (κ1) is 22.2. The van der Waals surface area contributed by atoms with Gasteiger partial charge >= 0.3 is 23.6 Å². The second-order valence-corrected chi connectivity index (χ2v) is 6.45. The SMILES string of the molecule is O=C(O)CC(O)C1OC(n2ncc(=O)[nH]c2=O)C(O)(CC(=O)O)C1(O)CC(=O)O. The van der Waals surface area contributed by atoms with Crippen LogP contribution in [0.3, 0.4) is 0 Å². The molecule has 1 saturated heterocycles. The highest BCUT2D eigenvalue weighted by Crippen LogP contribution is 2.50. The molecule has 29 heavy (non-hydrogen) atoms. The van der Waals surface area contributed by atoms with Crippen LogP contribution < -0.4 is 11.2 Å². The van der Waals surface area contributed by atoms with Gasteiger partial charge in [-0.15, -0.1) is 0 Å². The molecule has 1 aliphatic heterocycles. The summed E-state index contributed by atoms with van der Waals surface area (Å²) in [5.74, 6) is -5.09. The van der Waals surface area contributed by atoms with Crippen LogP contribution in [0, 0.1) is 0 Å². The molecule has 1 fully saturated rings. The van der Waals surface area contributed by atoms with Gasteiger partial charge in [0, 0.05) is 0 Å². The summed E-state index contributed by atoms with van der Waals surface area (Å²) in [6.45, 7) is 0. The van der Waals surface area contributed by atoms with Crippen molar-refractivity contribution in [3.05, 3.63) is 27.0 Å². The Morgan fingerprint density at radius 1 is 1.10 bits per heavy atom. The zero-order valence-corrected chi connectivity index (χ0v) is 14.5. The van der Waals surface area contributed by atoms with E-state index in [0.29, 0.717) is 6.20 Å². The molecule has 1 aliphatic rings. The number of aliphatic hydroxyl groups is 3. The summed E-state index contributed by atoms with van der Waals surface area (Å²) < 4.78 is 5.44. The number of hydrogen-bond acceptors (Lipinski definition) is 10. The molecule has 2 heterocycles. The fourth-order valence-corrected chi connectivity index (χ4v) is 3.26. The number of carbonyl (C=O) groups is 3. The Kier molecular flexibility index (Phi) is 5.89. The number of carboxylic acid groups (broad SMARTS) is 3. The summed E-state index contributed by atoms with van der Waals surface area (Å²) >= 11 is 0. The van der Waals surface area contributed by atoms with Crippen molar-refractivity contribution in [2.75, 3.05) is 0 Å². The number of hydrogen-bond donors (Lipinski definition) is 7. The Bertz CT molecular complexity index is 940. The highest BCUT2D eigenvalue weighted by Gasteiger charge is 2.70. The Balaban J connectivity index is 2.70. The van der Waals surface area contributed by atoms with E-state index in [1.54, 1.807) is 4.98 Å². The van der Waals surface area contributed by atoms with Crippen LogP contribution in [0.25, 0.3) is 0 Å². The lowest BCUT2D eigenvalue weighted by molar-refractivity contribution is -0.189. The van der Waals surface area contributed by atoms with Crippen molar-refractivity contribution in [1.29, 1.82) is 0 Å². The lowest BCUT2D eigenvalue weighted by Gasteiger charge is -2.39. The normalized spacial score (nSPS) is 30.0. The van der Waals surface area contributed by atoms with Gasteiger partial charge < -0.3 is 35.4 Å². The van der Waals surface area contributed by atoms with E-state index in [2.05, 4.69) is 5.10 Å². The van der Waals surface area contributed by atoms with E-state index in [4.69, 9.17) is 20.1 Å². The van der Waals surface area contributed by atoms with Crippen LogP contribution in [0.5, 0.6) is 0 Å². The van der Waals surface area contributed by atoms with Crippen LogP contribution >= 0.6 is 0 Å². The van der Waals surface area contributed by atoms with Crippen LogP contribution in [-0.4, -0.2) is 86.7 Å². The summed E-state index contributed by atoms with van der Waals surface area (Å²) in [5, 5.41) is 62.6. The molecule has 0 radical (unpaired) electrons. The number of rotatable bonds is 8. The molecule has 160 valence electrons. The topological polar surface area (TPSA) is 250 Å². The standard InChI is InChI=1S/C14H17N3O12/c18-5(1-7(20)21)10-13(27,2-8(22)23)14(28,3-9(24)25)11(29-10)17-12(26)16-6(19)4-15-17/h4-5,10-11,18,27-28H,1-3H2,(H,20,21)(H,22,23)(H,24,25)(H,16,19,26). The van der Waals surface area contributed by atoms with Gasteiger partial charge in [-0.05, 0) is 0 Å². The maximum absolute atomic E-state index is 12.0. The molecule has 0 saturated carbocycles. The molecular formula is C14H17N3O12.